The van der Waals surface area contributed by atoms with Gasteiger partial charge in [0.15, 0.2) is 0 Å². The van der Waals surface area contributed by atoms with E-state index in [2.05, 4.69) is 5.32 Å². The van der Waals surface area contributed by atoms with E-state index in [1.807, 2.05) is 44.2 Å². The molecule has 2 rings (SSSR count). The molecule has 1 aliphatic rings. The molecular formula is C21H32ClN3O4. The van der Waals surface area contributed by atoms with Crippen molar-refractivity contribution in [3.05, 3.63) is 35.9 Å². The largest absolute Gasteiger partial charge is 0.480 e. The number of carboxylic acid groups (broad SMARTS) is 1. The molecule has 0 saturated carbocycles. The van der Waals surface area contributed by atoms with Crippen LogP contribution in [0.2, 0.25) is 0 Å². The van der Waals surface area contributed by atoms with Crippen molar-refractivity contribution in [3.63, 3.8) is 0 Å². The van der Waals surface area contributed by atoms with E-state index in [4.69, 9.17) is 5.73 Å². The maximum absolute atomic E-state index is 12.6. The molecule has 0 aromatic heterocycles. The van der Waals surface area contributed by atoms with Crippen LogP contribution in [0, 0.1) is 11.8 Å². The van der Waals surface area contributed by atoms with Gasteiger partial charge in [-0.05, 0) is 37.2 Å². The van der Waals surface area contributed by atoms with E-state index >= 15 is 0 Å². The Hall–Kier alpha value is -2.12. The molecule has 1 heterocycles. The first-order valence-corrected chi connectivity index (χ1v) is 9.89. The van der Waals surface area contributed by atoms with Crippen LogP contribution >= 0.6 is 12.4 Å². The third kappa shape index (κ3) is 7.66. The van der Waals surface area contributed by atoms with Crippen LogP contribution in [0.3, 0.4) is 0 Å². The van der Waals surface area contributed by atoms with Crippen LogP contribution in [-0.4, -0.2) is 53.0 Å². The molecule has 162 valence electrons. The molecule has 1 aliphatic heterocycles. The van der Waals surface area contributed by atoms with Crippen LogP contribution in [0.4, 0.5) is 0 Å². The fourth-order valence-corrected chi connectivity index (χ4v) is 3.53. The predicted molar refractivity (Wildman–Crippen MR) is 114 cm³/mol. The van der Waals surface area contributed by atoms with E-state index < -0.39 is 18.1 Å². The summed E-state index contributed by atoms with van der Waals surface area (Å²) in [4.78, 5) is 38.1. The number of hydrogen-bond acceptors (Lipinski definition) is 4. The van der Waals surface area contributed by atoms with Gasteiger partial charge in [0.25, 0.3) is 0 Å². The molecule has 0 radical (unpaired) electrons. The van der Waals surface area contributed by atoms with E-state index in [9.17, 15) is 19.5 Å². The molecule has 1 aromatic carbocycles. The first-order valence-electron chi connectivity index (χ1n) is 9.89. The van der Waals surface area contributed by atoms with Crippen LogP contribution in [-0.2, 0) is 20.8 Å². The summed E-state index contributed by atoms with van der Waals surface area (Å²) in [6.07, 6.45) is 1.91. The Morgan fingerprint density at radius 1 is 1.17 bits per heavy atom. The zero-order valence-electron chi connectivity index (χ0n) is 17.0. The van der Waals surface area contributed by atoms with Crippen molar-refractivity contribution in [3.8, 4) is 0 Å². The standard InChI is InChI=1S/C21H31N3O4.ClH/c1-14(2)12-18(21(27)28)23-19(25)16-8-10-24(11-9-16)20(26)17(22)13-15-6-4-3-5-7-15;/h3-7,14,16-18H,8-13,22H2,1-2H3,(H,23,25)(H,27,28);1H/t17-,18+;/m0./s1. The number of halogens is 1. The molecule has 1 aromatic rings. The van der Waals surface area contributed by atoms with Gasteiger partial charge in [0, 0.05) is 19.0 Å². The van der Waals surface area contributed by atoms with Gasteiger partial charge in [0.1, 0.15) is 6.04 Å². The highest BCUT2D eigenvalue weighted by Crippen LogP contribution is 2.19. The van der Waals surface area contributed by atoms with Gasteiger partial charge in [0.05, 0.1) is 6.04 Å². The number of rotatable bonds is 8. The lowest BCUT2D eigenvalue weighted by atomic mass is 9.94. The molecule has 7 nitrogen and oxygen atoms in total. The Morgan fingerprint density at radius 3 is 2.28 bits per heavy atom. The van der Waals surface area contributed by atoms with E-state index in [1.54, 1.807) is 4.90 Å². The number of likely N-dealkylation sites (tertiary alicyclic amines) is 1. The number of nitrogens with zero attached hydrogens (tertiary/aromatic N) is 1. The number of aliphatic carboxylic acids is 1. The average Bonchev–Trinajstić information content (AvgIpc) is 2.67. The van der Waals surface area contributed by atoms with Crippen LogP contribution < -0.4 is 11.1 Å². The Balaban J connectivity index is 0.00000420. The SMILES string of the molecule is CC(C)C[C@@H](NC(=O)C1CCN(C(=O)[C@@H](N)Cc2ccccc2)CC1)C(=O)O.Cl. The molecule has 0 aliphatic carbocycles. The van der Waals surface area contributed by atoms with Gasteiger partial charge in [-0.1, -0.05) is 44.2 Å². The zero-order valence-corrected chi connectivity index (χ0v) is 17.9. The summed E-state index contributed by atoms with van der Waals surface area (Å²) >= 11 is 0. The first-order chi connectivity index (χ1) is 13.3. The molecule has 0 unspecified atom stereocenters. The summed E-state index contributed by atoms with van der Waals surface area (Å²) < 4.78 is 0. The number of piperidine rings is 1. The number of hydrogen-bond donors (Lipinski definition) is 3. The Morgan fingerprint density at radius 2 is 1.76 bits per heavy atom. The molecule has 8 heteroatoms. The normalized spacial score (nSPS) is 16.6. The summed E-state index contributed by atoms with van der Waals surface area (Å²) in [5, 5.41) is 11.9. The van der Waals surface area contributed by atoms with E-state index in [-0.39, 0.29) is 36.1 Å². The van der Waals surface area contributed by atoms with Gasteiger partial charge in [-0.2, -0.15) is 0 Å². The van der Waals surface area contributed by atoms with E-state index in [0.29, 0.717) is 38.8 Å². The number of nitrogens with one attached hydrogen (secondary N) is 1. The fourth-order valence-electron chi connectivity index (χ4n) is 3.53. The molecule has 0 spiro atoms. The minimum Gasteiger partial charge on any atom is -0.480 e. The average molecular weight is 426 g/mol. The lowest BCUT2D eigenvalue weighted by Gasteiger charge is -2.33. The lowest BCUT2D eigenvalue weighted by molar-refractivity contribution is -0.143. The van der Waals surface area contributed by atoms with Gasteiger partial charge in [-0.25, -0.2) is 4.79 Å². The third-order valence-electron chi connectivity index (χ3n) is 5.11. The van der Waals surface area contributed by atoms with E-state index in [1.165, 1.54) is 0 Å². The summed E-state index contributed by atoms with van der Waals surface area (Å²) in [5.41, 5.74) is 7.10. The van der Waals surface area contributed by atoms with Crippen molar-refractivity contribution in [1.82, 2.24) is 10.2 Å². The highest BCUT2D eigenvalue weighted by molar-refractivity contribution is 5.86. The quantitative estimate of drug-likeness (QED) is 0.588. The smallest absolute Gasteiger partial charge is 0.326 e. The van der Waals surface area contributed by atoms with Gasteiger partial charge >= 0.3 is 5.97 Å². The number of amides is 2. The lowest BCUT2D eigenvalue weighted by Crippen LogP contribution is -2.51. The molecule has 29 heavy (non-hydrogen) atoms. The molecule has 1 fully saturated rings. The number of carbonyl (C=O) groups excluding carboxylic acids is 2. The van der Waals surface area contributed by atoms with Crippen molar-refractivity contribution < 1.29 is 19.5 Å². The third-order valence-corrected chi connectivity index (χ3v) is 5.11. The predicted octanol–water partition coefficient (Wildman–Crippen LogP) is 1.83. The summed E-state index contributed by atoms with van der Waals surface area (Å²) in [6.45, 7) is 4.76. The van der Waals surface area contributed by atoms with Crippen molar-refractivity contribution in [2.75, 3.05) is 13.1 Å². The van der Waals surface area contributed by atoms with Crippen LogP contribution in [0.15, 0.2) is 30.3 Å². The van der Waals surface area contributed by atoms with Crippen molar-refractivity contribution in [2.24, 2.45) is 17.6 Å². The van der Waals surface area contributed by atoms with Gasteiger partial charge < -0.3 is 21.1 Å². The highest BCUT2D eigenvalue weighted by atomic mass is 35.5. The maximum Gasteiger partial charge on any atom is 0.326 e. The number of carbonyl (C=O) groups is 3. The molecular weight excluding hydrogens is 394 g/mol. The first kappa shape index (κ1) is 24.9. The number of benzene rings is 1. The number of carboxylic acids is 1. The summed E-state index contributed by atoms with van der Waals surface area (Å²) in [7, 11) is 0. The molecule has 1 saturated heterocycles. The van der Waals surface area contributed by atoms with Gasteiger partial charge in [-0.15, -0.1) is 12.4 Å². The fraction of sp³-hybridized carbons (Fsp3) is 0.571. The Bertz CT molecular complexity index is 676. The molecule has 4 N–H and O–H groups in total. The van der Waals surface area contributed by atoms with Crippen LogP contribution in [0.5, 0.6) is 0 Å². The van der Waals surface area contributed by atoms with E-state index in [0.717, 1.165) is 5.56 Å². The number of nitrogens with two attached hydrogens (primary N) is 1. The topological polar surface area (TPSA) is 113 Å². The van der Waals surface area contributed by atoms with Crippen molar-refractivity contribution in [1.29, 1.82) is 0 Å². The molecule has 0 bridgehead atoms. The molecule has 2 amide bonds. The monoisotopic (exact) mass is 425 g/mol. The molecule has 2 atom stereocenters. The Kier molecular flexibility index (Phi) is 10.1. The van der Waals surface area contributed by atoms with Crippen LogP contribution in [0.1, 0.15) is 38.7 Å². The van der Waals surface area contributed by atoms with Crippen molar-refractivity contribution >= 4 is 30.2 Å². The Labute approximate surface area is 178 Å². The minimum atomic E-state index is -1.01. The second-order valence-corrected chi connectivity index (χ2v) is 7.92. The zero-order chi connectivity index (χ0) is 20.7. The highest BCUT2D eigenvalue weighted by Gasteiger charge is 2.31. The second kappa shape index (κ2) is 11.8. The minimum absolute atomic E-state index is 0. The second-order valence-electron chi connectivity index (χ2n) is 7.92. The van der Waals surface area contributed by atoms with Gasteiger partial charge in [-0.3, -0.25) is 9.59 Å². The van der Waals surface area contributed by atoms with Crippen molar-refractivity contribution in [2.45, 2.75) is 51.6 Å². The summed E-state index contributed by atoms with van der Waals surface area (Å²) in [5.74, 6) is -1.46. The van der Waals surface area contributed by atoms with Gasteiger partial charge in [0.2, 0.25) is 11.8 Å². The summed E-state index contributed by atoms with van der Waals surface area (Å²) in [6, 6.07) is 8.17. The van der Waals surface area contributed by atoms with Crippen LogP contribution in [0.25, 0.3) is 0 Å². The maximum atomic E-state index is 12.6.